The number of ether oxygens (including phenoxy) is 1. The Kier molecular flexibility index (Phi) is 4.69. The lowest BCUT2D eigenvalue weighted by Gasteiger charge is -2.05. The van der Waals surface area contributed by atoms with Crippen molar-refractivity contribution >= 4 is 33.6 Å². The van der Waals surface area contributed by atoms with Crippen molar-refractivity contribution in [1.82, 2.24) is 40.1 Å². The van der Waals surface area contributed by atoms with Gasteiger partial charge in [0.1, 0.15) is 10.8 Å². The summed E-state index contributed by atoms with van der Waals surface area (Å²) in [5.41, 5.74) is 2.94. The van der Waals surface area contributed by atoms with Gasteiger partial charge in [-0.1, -0.05) is 16.6 Å². The fourth-order valence-corrected chi connectivity index (χ4v) is 3.54. The van der Waals surface area contributed by atoms with Crippen LogP contribution < -0.4 is 10.1 Å². The first-order chi connectivity index (χ1) is 14.8. The number of rotatable bonds is 6. The van der Waals surface area contributed by atoms with E-state index in [0.29, 0.717) is 28.9 Å². The summed E-state index contributed by atoms with van der Waals surface area (Å²) in [4.78, 5) is 12.9. The van der Waals surface area contributed by atoms with Crippen molar-refractivity contribution in [2.45, 2.75) is 6.92 Å². The molecule has 0 aliphatic carbocycles. The Morgan fingerprint density at radius 2 is 1.87 bits per heavy atom. The van der Waals surface area contributed by atoms with Crippen LogP contribution in [-0.2, 0) is 0 Å². The molecule has 0 atom stereocenters. The van der Waals surface area contributed by atoms with Crippen LogP contribution in [0.4, 0.5) is 11.1 Å². The van der Waals surface area contributed by atoms with Crippen molar-refractivity contribution in [3.63, 3.8) is 0 Å². The summed E-state index contributed by atoms with van der Waals surface area (Å²) < 4.78 is 7.14. The minimum Gasteiger partial charge on any atom is -0.494 e. The third-order valence-electron chi connectivity index (χ3n) is 4.16. The molecule has 0 spiro atoms. The van der Waals surface area contributed by atoms with E-state index < -0.39 is 0 Å². The summed E-state index contributed by atoms with van der Waals surface area (Å²) in [5, 5.41) is 21.2. The molecule has 11 heteroatoms. The van der Waals surface area contributed by atoms with Crippen LogP contribution >= 0.6 is 11.3 Å². The van der Waals surface area contributed by atoms with Crippen molar-refractivity contribution < 1.29 is 4.74 Å². The summed E-state index contributed by atoms with van der Waals surface area (Å²) in [6, 6.07) is 11.3. The molecule has 0 radical (unpaired) electrons. The van der Waals surface area contributed by atoms with Crippen LogP contribution in [0.25, 0.3) is 27.4 Å². The van der Waals surface area contributed by atoms with Crippen molar-refractivity contribution in [1.29, 1.82) is 0 Å². The van der Waals surface area contributed by atoms with Gasteiger partial charge in [0.15, 0.2) is 11.2 Å². The smallest absolute Gasteiger partial charge is 0.231 e. The molecule has 0 aliphatic heterocycles. The molecule has 0 fully saturated rings. The highest BCUT2D eigenvalue weighted by Gasteiger charge is 2.12. The second-order valence-corrected chi connectivity index (χ2v) is 7.08. The molecular weight excluding hydrogens is 402 g/mol. The average molecular weight is 417 g/mol. The van der Waals surface area contributed by atoms with Gasteiger partial charge in [-0.3, -0.25) is 10.3 Å². The van der Waals surface area contributed by atoms with Gasteiger partial charge in [-0.15, -0.1) is 15.3 Å². The molecule has 0 aliphatic rings. The molecule has 4 aromatic heterocycles. The van der Waals surface area contributed by atoms with E-state index >= 15 is 0 Å². The summed E-state index contributed by atoms with van der Waals surface area (Å²) in [5.74, 6) is 1.18. The number of fused-ring (bicyclic) bond motifs is 1. The van der Waals surface area contributed by atoms with Crippen LogP contribution in [0.15, 0.2) is 55.0 Å². The standard InChI is InChI=1S/C19H15N9OS/c1-2-29-14-5-3-13(4-6-14)28-16-15(24-27-28)11-21-18(22-16)23-19-26-25-17(30-19)12-7-9-20-10-8-12/h3-11H,2H2,1H3,(H,21,22,23,26). The molecule has 1 aromatic carbocycles. The topological polar surface area (TPSA) is 116 Å². The fourth-order valence-electron chi connectivity index (χ4n) is 2.79. The number of nitrogens with one attached hydrogen (secondary N) is 1. The molecule has 0 amide bonds. The summed E-state index contributed by atoms with van der Waals surface area (Å²) in [6.45, 7) is 2.56. The summed E-state index contributed by atoms with van der Waals surface area (Å²) in [7, 11) is 0. The lowest BCUT2D eigenvalue weighted by atomic mass is 10.3. The van der Waals surface area contributed by atoms with E-state index in [1.165, 1.54) is 11.3 Å². The first-order valence-corrected chi connectivity index (χ1v) is 9.94. The van der Waals surface area contributed by atoms with Crippen LogP contribution in [0.2, 0.25) is 0 Å². The number of hydrogen-bond acceptors (Lipinski definition) is 10. The SMILES string of the molecule is CCOc1ccc(-n2nnc3cnc(Nc4nnc(-c5ccncc5)s4)nc32)cc1. The van der Waals surface area contributed by atoms with Gasteiger partial charge in [0.05, 0.1) is 18.5 Å². The number of aromatic nitrogens is 8. The lowest BCUT2D eigenvalue weighted by molar-refractivity contribution is 0.340. The quantitative estimate of drug-likeness (QED) is 0.444. The molecule has 0 saturated heterocycles. The Morgan fingerprint density at radius 3 is 2.67 bits per heavy atom. The van der Waals surface area contributed by atoms with E-state index in [0.717, 1.165) is 22.0 Å². The van der Waals surface area contributed by atoms with Gasteiger partial charge in [-0.05, 0) is 43.3 Å². The van der Waals surface area contributed by atoms with Crippen molar-refractivity contribution in [2.75, 3.05) is 11.9 Å². The van der Waals surface area contributed by atoms with Crippen LogP contribution in [0.5, 0.6) is 5.75 Å². The number of anilines is 2. The average Bonchev–Trinajstić information content (AvgIpc) is 3.42. The zero-order valence-electron chi connectivity index (χ0n) is 15.8. The number of pyridine rings is 1. The van der Waals surface area contributed by atoms with Crippen molar-refractivity contribution in [2.24, 2.45) is 0 Å². The van der Waals surface area contributed by atoms with Crippen molar-refractivity contribution in [3.8, 4) is 22.0 Å². The van der Waals surface area contributed by atoms with E-state index in [2.05, 4.69) is 40.8 Å². The number of hydrogen-bond donors (Lipinski definition) is 1. The zero-order chi connectivity index (χ0) is 20.3. The summed E-state index contributed by atoms with van der Waals surface area (Å²) in [6.07, 6.45) is 5.05. The van der Waals surface area contributed by atoms with Crippen LogP contribution in [-0.4, -0.2) is 46.8 Å². The number of nitrogens with zero attached hydrogens (tertiary/aromatic N) is 8. The van der Waals surface area contributed by atoms with Gasteiger partial charge in [0.25, 0.3) is 0 Å². The second-order valence-electron chi connectivity index (χ2n) is 6.10. The van der Waals surface area contributed by atoms with Gasteiger partial charge in [0.2, 0.25) is 11.1 Å². The van der Waals surface area contributed by atoms with E-state index in [1.54, 1.807) is 23.3 Å². The zero-order valence-corrected chi connectivity index (χ0v) is 16.6. The summed E-state index contributed by atoms with van der Waals surface area (Å²) >= 11 is 1.40. The van der Waals surface area contributed by atoms with E-state index in [9.17, 15) is 0 Å². The normalized spacial score (nSPS) is 11.0. The highest BCUT2D eigenvalue weighted by Crippen LogP contribution is 2.27. The maximum Gasteiger partial charge on any atom is 0.231 e. The maximum absolute atomic E-state index is 5.49. The van der Waals surface area contributed by atoms with E-state index in [4.69, 9.17) is 4.74 Å². The minimum absolute atomic E-state index is 0.384. The van der Waals surface area contributed by atoms with Gasteiger partial charge in [-0.25, -0.2) is 4.98 Å². The van der Waals surface area contributed by atoms with Crippen LogP contribution in [0.1, 0.15) is 6.92 Å². The first kappa shape index (κ1) is 18.1. The molecule has 4 heterocycles. The fraction of sp³-hybridized carbons (Fsp3) is 0.105. The molecule has 0 bridgehead atoms. The second kappa shape index (κ2) is 7.79. The minimum atomic E-state index is 0.384. The van der Waals surface area contributed by atoms with Crippen molar-refractivity contribution in [3.05, 3.63) is 55.0 Å². The monoisotopic (exact) mass is 417 g/mol. The third kappa shape index (κ3) is 3.53. The van der Waals surface area contributed by atoms with Crippen LogP contribution in [0, 0.1) is 0 Å². The molecule has 30 heavy (non-hydrogen) atoms. The highest BCUT2D eigenvalue weighted by molar-refractivity contribution is 7.18. The van der Waals surface area contributed by atoms with E-state index in [1.807, 2.05) is 43.3 Å². The molecule has 0 unspecified atom stereocenters. The molecular formula is C19H15N9OS. The molecule has 0 saturated carbocycles. The third-order valence-corrected chi connectivity index (χ3v) is 5.04. The highest BCUT2D eigenvalue weighted by atomic mass is 32.1. The molecule has 148 valence electrons. The Morgan fingerprint density at radius 1 is 1.03 bits per heavy atom. The molecule has 5 aromatic rings. The molecule has 1 N–H and O–H groups in total. The molecule has 10 nitrogen and oxygen atoms in total. The Bertz CT molecular complexity index is 1280. The van der Waals surface area contributed by atoms with Gasteiger partial charge >= 0.3 is 0 Å². The van der Waals surface area contributed by atoms with Gasteiger partial charge in [-0.2, -0.15) is 9.67 Å². The first-order valence-electron chi connectivity index (χ1n) is 9.13. The van der Waals surface area contributed by atoms with E-state index in [-0.39, 0.29) is 0 Å². The predicted molar refractivity (Wildman–Crippen MR) is 112 cm³/mol. The van der Waals surface area contributed by atoms with Gasteiger partial charge < -0.3 is 4.74 Å². The van der Waals surface area contributed by atoms with Gasteiger partial charge in [0, 0.05) is 18.0 Å². The predicted octanol–water partition coefficient (Wildman–Crippen LogP) is 3.27. The lowest BCUT2D eigenvalue weighted by Crippen LogP contribution is -2.01. The Labute approximate surface area is 174 Å². The largest absolute Gasteiger partial charge is 0.494 e. The maximum atomic E-state index is 5.49. The van der Waals surface area contributed by atoms with Crippen LogP contribution in [0.3, 0.4) is 0 Å². The Hall–Kier alpha value is -3.99. The Balaban J connectivity index is 1.42. The molecule has 5 rings (SSSR count). The number of benzene rings is 1.